The van der Waals surface area contributed by atoms with Crippen molar-refractivity contribution in [3.05, 3.63) is 42.7 Å². The van der Waals surface area contributed by atoms with E-state index in [-0.39, 0.29) is 4.90 Å². The van der Waals surface area contributed by atoms with Crippen molar-refractivity contribution < 1.29 is 8.42 Å². The lowest BCUT2D eigenvalue weighted by Crippen LogP contribution is -2.11. The Morgan fingerprint density at radius 1 is 1.07 bits per heavy atom. The minimum absolute atomic E-state index is 0.0474. The van der Waals surface area contributed by atoms with Crippen LogP contribution in [-0.4, -0.2) is 33.4 Å². The molecule has 1 aliphatic carbocycles. The molecule has 3 N–H and O–H groups in total. The number of benzene rings is 1. The van der Waals surface area contributed by atoms with Crippen LogP contribution in [0.2, 0.25) is 0 Å². The maximum absolute atomic E-state index is 11.3. The first-order valence-electron chi connectivity index (χ1n) is 8.64. The first-order chi connectivity index (χ1) is 13.0. The van der Waals surface area contributed by atoms with Gasteiger partial charge in [-0.1, -0.05) is 18.1 Å². The summed E-state index contributed by atoms with van der Waals surface area (Å²) in [4.78, 5) is 8.71. The third kappa shape index (κ3) is 3.96. The molecule has 0 amide bonds. The van der Waals surface area contributed by atoms with Gasteiger partial charge in [0.15, 0.2) is 0 Å². The lowest BCUT2D eigenvalue weighted by molar-refractivity contribution is 0.454. The van der Waals surface area contributed by atoms with Crippen LogP contribution in [0.1, 0.15) is 31.7 Å². The largest absolute Gasteiger partial charge is 0.324 e. The minimum Gasteiger partial charge on any atom is -0.324 e. The molecule has 9 nitrogen and oxygen atoms in total. The highest BCUT2D eigenvalue weighted by atomic mass is 32.2. The summed E-state index contributed by atoms with van der Waals surface area (Å²) in [6, 6.07) is 8.25. The Morgan fingerprint density at radius 3 is 2.52 bits per heavy atom. The average Bonchev–Trinajstić information content (AvgIpc) is 3.33. The van der Waals surface area contributed by atoms with Crippen molar-refractivity contribution in [2.75, 3.05) is 5.32 Å². The molecule has 27 heavy (non-hydrogen) atoms. The van der Waals surface area contributed by atoms with E-state index in [4.69, 9.17) is 5.14 Å². The van der Waals surface area contributed by atoms with Gasteiger partial charge in [-0.2, -0.15) is 0 Å². The first kappa shape index (κ1) is 17.6. The maximum Gasteiger partial charge on any atom is 0.238 e. The Bertz CT molecular complexity index is 1040. The summed E-state index contributed by atoms with van der Waals surface area (Å²) in [5, 5.41) is 16.6. The highest BCUT2D eigenvalue weighted by molar-refractivity contribution is 7.89. The summed E-state index contributed by atoms with van der Waals surface area (Å²) in [5.41, 5.74) is 2.00. The standard InChI is InChI=1S/C17H19N7O2S/c18-27(25,26)14-7-5-12(6-8-14)20-17-19-10-9-15(21-17)16-11-24(23-22-16)13-3-1-2-4-13/h5-11,13H,1-4H2,(H2,18,25,26)(H,19,20,21). The van der Waals surface area contributed by atoms with Crippen LogP contribution in [0.25, 0.3) is 11.4 Å². The van der Waals surface area contributed by atoms with Crippen molar-refractivity contribution in [3.8, 4) is 11.4 Å². The number of anilines is 2. The van der Waals surface area contributed by atoms with E-state index in [1.165, 1.54) is 25.0 Å². The van der Waals surface area contributed by atoms with E-state index in [1.807, 2.05) is 10.9 Å². The van der Waals surface area contributed by atoms with E-state index in [9.17, 15) is 8.42 Å². The molecule has 4 rings (SSSR count). The van der Waals surface area contributed by atoms with E-state index in [1.54, 1.807) is 24.4 Å². The molecule has 10 heteroatoms. The predicted octanol–water partition coefficient (Wildman–Crippen LogP) is 2.24. The third-order valence-corrected chi connectivity index (χ3v) is 5.50. The fraction of sp³-hybridized carbons (Fsp3) is 0.294. The van der Waals surface area contributed by atoms with Crippen LogP contribution in [0.5, 0.6) is 0 Å². The molecule has 0 atom stereocenters. The quantitative estimate of drug-likeness (QED) is 0.689. The summed E-state index contributed by atoms with van der Waals surface area (Å²) >= 11 is 0. The molecule has 2 heterocycles. The van der Waals surface area contributed by atoms with E-state index < -0.39 is 10.0 Å². The van der Waals surface area contributed by atoms with Crippen molar-refractivity contribution in [1.29, 1.82) is 0 Å². The Hall–Kier alpha value is -2.85. The number of nitrogens with two attached hydrogens (primary N) is 1. The van der Waals surface area contributed by atoms with Crippen LogP contribution in [0.3, 0.4) is 0 Å². The van der Waals surface area contributed by atoms with Gasteiger partial charge >= 0.3 is 0 Å². The number of hydrogen-bond acceptors (Lipinski definition) is 7. The van der Waals surface area contributed by atoms with Gasteiger partial charge in [0.25, 0.3) is 0 Å². The lowest BCUT2D eigenvalue weighted by atomic mass is 10.2. The molecular weight excluding hydrogens is 366 g/mol. The first-order valence-corrected chi connectivity index (χ1v) is 10.2. The van der Waals surface area contributed by atoms with Gasteiger partial charge in [-0.25, -0.2) is 28.2 Å². The molecule has 0 unspecified atom stereocenters. The molecule has 3 aromatic rings. The van der Waals surface area contributed by atoms with Gasteiger partial charge in [0.2, 0.25) is 16.0 Å². The molecule has 1 fully saturated rings. The monoisotopic (exact) mass is 385 g/mol. The zero-order chi connectivity index (χ0) is 18.9. The van der Waals surface area contributed by atoms with Crippen LogP contribution in [-0.2, 0) is 10.0 Å². The van der Waals surface area contributed by atoms with Crippen LogP contribution in [0.4, 0.5) is 11.6 Å². The maximum atomic E-state index is 11.3. The van der Waals surface area contributed by atoms with Crippen molar-refractivity contribution >= 4 is 21.7 Å². The van der Waals surface area contributed by atoms with E-state index in [0.29, 0.717) is 29.1 Å². The van der Waals surface area contributed by atoms with Gasteiger partial charge in [0, 0.05) is 11.9 Å². The van der Waals surface area contributed by atoms with Gasteiger partial charge in [-0.3, -0.25) is 0 Å². The van der Waals surface area contributed by atoms with E-state index in [0.717, 1.165) is 12.8 Å². The zero-order valence-corrected chi connectivity index (χ0v) is 15.3. The minimum atomic E-state index is -3.72. The molecule has 0 spiro atoms. The molecule has 140 valence electrons. The third-order valence-electron chi connectivity index (χ3n) is 4.57. The Kier molecular flexibility index (Phi) is 4.58. The number of sulfonamides is 1. The van der Waals surface area contributed by atoms with Crippen LogP contribution in [0, 0.1) is 0 Å². The molecule has 2 aromatic heterocycles. The summed E-state index contributed by atoms with van der Waals surface area (Å²) in [7, 11) is -3.72. The smallest absolute Gasteiger partial charge is 0.238 e. The number of aromatic nitrogens is 5. The van der Waals surface area contributed by atoms with Crippen LogP contribution < -0.4 is 10.5 Å². The Morgan fingerprint density at radius 2 is 1.81 bits per heavy atom. The zero-order valence-electron chi connectivity index (χ0n) is 14.5. The highest BCUT2D eigenvalue weighted by Gasteiger charge is 2.19. The average molecular weight is 385 g/mol. The number of rotatable bonds is 5. The molecule has 0 aliphatic heterocycles. The topological polar surface area (TPSA) is 129 Å². The molecular formula is C17H19N7O2S. The van der Waals surface area contributed by atoms with E-state index >= 15 is 0 Å². The normalized spacial score (nSPS) is 15.1. The molecule has 1 saturated carbocycles. The number of nitrogens with one attached hydrogen (secondary N) is 1. The van der Waals surface area contributed by atoms with Crippen LogP contribution in [0.15, 0.2) is 47.6 Å². The van der Waals surface area contributed by atoms with Gasteiger partial charge in [-0.05, 0) is 43.2 Å². The lowest BCUT2D eigenvalue weighted by Gasteiger charge is -2.07. The van der Waals surface area contributed by atoms with Gasteiger partial charge in [0.05, 0.1) is 22.8 Å². The molecule has 1 aliphatic rings. The fourth-order valence-electron chi connectivity index (χ4n) is 3.16. The van der Waals surface area contributed by atoms with Crippen molar-refractivity contribution in [2.45, 2.75) is 36.6 Å². The summed E-state index contributed by atoms with van der Waals surface area (Å²) in [5.74, 6) is 0.381. The second-order valence-corrected chi connectivity index (χ2v) is 8.04. The Balaban J connectivity index is 1.52. The molecule has 0 saturated heterocycles. The highest BCUT2D eigenvalue weighted by Crippen LogP contribution is 2.29. The molecule has 0 radical (unpaired) electrons. The number of hydrogen-bond donors (Lipinski definition) is 2. The second kappa shape index (κ2) is 7.05. The fourth-order valence-corrected chi connectivity index (χ4v) is 3.68. The Labute approximate surface area is 156 Å². The molecule has 0 bridgehead atoms. The SMILES string of the molecule is NS(=O)(=O)c1ccc(Nc2nccc(-c3cn(C4CCCC4)nn3)n2)cc1. The van der Waals surface area contributed by atoms with Crippen molar-refractivity contribution in [2.24, 2.45) is 5.14 Å². The summed E-state index contributed by atoms with van der Waals surface area (Å²) < 4.78 is 24.6. The van der Waals surface area contributed by atoms with Crippen molar-refractivity contribution in [1.82, 2.24) is 25.0 Å². The van der Waals surface area contributed by atoms with Gasteiger partial charge < -0.3 is 5.32 Å². The van der Waals surface area contributed by atoms with Gasteiger partial charge in [-0.15, -0.1) is 5.10 Å². The number of primary sulfonamides is 1. The van der Waals surface area contributed by atoms with Crippen molar-refractivity contribution in [3.63, 3.8) is 0 Å². The second-order valence-electron chi connectivity index (χ2n) is 6.48. The van der Waals surface area contributed by atoms with Gasteiger partial charge in [0.1, 0.15) is 5.69 Å². The molecule has 1 aromatic carbocycles. The summed E-state index contributed by atoms with van der Waals surface area (Å²) in [6.45, 7) is 0. The number of nitrogens with zero attached hydrogens (tertiary/aromatic N) is 5. The summed E-state index contributed by atoms with van der Waals surface area (Å²) in [6.07, 6.45) is 8.28. The predicted molar refractivity (Wildman–Crippen MR) is 99.7 cm³/mol. The van der Waals surface area contributed by atoms with Crippen LogP contribution >= 0.6 is 0 Å². The van der Waals surface area contributed by atoms with E-state index in [2.05, 4.69) is 25.6 Å².